The molecule has 1 fully saturated rings. The molecule has 1 aliphatic heterocycles. The average molecular weight is 399 g/mol. The number of nitrogens with zero attached hydrogens (tertiary/aromatic N) is 6. The van der Waals surface area contributed by atoms with Crippen molar-refractivity contribution in [2.24, 2.45) is 11.8 Å². The summed E-state index contributed by atoms with van der Waals surface area (Å²) in [6.45, 7) is 12.9. The van der Waals surface area contributed by atoms with Gasteiger partial charge >= 0.3 is 0 Å². The minimum absolute atomic E-state index is 0.227. The summed E-state index contributed by atoms with van der Waals surface area (Å²) in [6.07, 6.45) is 5.17. The van der Waals surface area contributed by atoms with Crippen LogP contribution in [0.4, 0.5) is 5.82 Å². The van der Waals surface area contributed by atoms with Gasteiger partial charge in [-0.3, -0.25) is 0 Å². The van der Waals surface area contributed by atoms with Crippen molar-refractivity contribution in [3.63, 3.8) is 0 Å². The first-order valence-electron chi connectivity index (χ1n) is 10.3. The van der Waals surface area contributed by atoms with Crippen LogP contribution in [0.2, 0.25) is 0 Å². The zero-order valence-electron chi connectivity index (χ0n) is 17.5. The highest BCUT2D eigenvalue weighted by molar-refractivity contribution is 7.17. The van der Waals surface area contributed by atoms with Gasteiger partial charge in [0.05, 0.1) is 11.4 Å². The predicted molar refractivity (Wildman–Crippen MR) is 115 cm³/mol. The summed E-state index contributed by atoms with van der Waals surface area (Å²) in [5, 5.41) is 12.3. The Balaban J connectivity index is 1.78. The number of anilines is 1. The van der Waals surface area contributed by atoms with E-state index in [1.165, 1.54) is 10.9 Å². The molecule has 1 aliphatic rings. The van der Waals surface area contributed by atoms with Crippen molar-refractivity contribution in [2.75, 3.05) is 11.4 Å². The van der Waals surface area contributed by atoms with Crippen LogP contribution in [0, 0.1) is 18.8 Å². The van der Waals surface area contributed by atoms with Crippen molar-refractivity contribution in [2.45, 2.75) is 66.5 Å². The van der Waals surface area contributed by atoms with Crippen LogP contribution in [0.1, 0.15) is 63.8 Å². The first-order valence-corrected chi connectivity index (χ1v) is 11.2. The summed E-state index contributed by atoms with van der Waals surface area (Å²) in [7, 11) is 0. The van der Waals surface area contributed by atoms with Crippen LogP contribution in [0.15, 0.2) is 11.7 Å². The Bertz CT molecular complexity index is 957. The molecule has 0 bridgehead atoms. The van der Waals surface area contributed by atoms with E-state index in [4.69, 9.17) is 9.97 Å². The van der Waals surface area contributed by atoms with Gasteiger partial charge in [0, 0.05) is 13.1 Å². The Morgan fingerprint density at radius 3 is 2.75 bits per heavy atom. The molecule has 1 saturated heterocycles. The van der Waals surface area contributed by atoms with Gasteiger partial charge in [-0.2, -0.15) is 0 Å². The van der Waals surface area contributed by atoms with Crippen molar-refractivity contribution < 1.29 is 0 Å². The van der Waals surface area contributed by atoms with Gasteiger partial charge in [-0.15, -0.1) is 21.5 Å². The van der Waals surface area contributed by atoms with E-state index in [0.717, 1.165) is 54.6 Å². The van der Waals surface area contributed by atoms with Crippen LogP contribution in [0.25, 0.3) is 10.2 Å². The molecule has 6 nitrogen and oxygen atoms in total. The third-order valence-electron chi connectivity index (χ3n) is 5.26. The molecule has 1 atom stereocenters. The summed E-state index contributed by atoms with van der Waals surface area (Å²) >= 11 is 1.74. The molecule has 28 heavy (non-hydrogen) atoms. The van der Waals surface area contributed by atoms with E-state index in [9.17, 15) is 0 Å². The summed E-state index contributed by atoms with van der Waals surface area (Å²) in [5.41, 5.74) is 1.37. The van der Waals surface area contributed by atoms with Gasteiger partial charge in [-0.1, -0.05) is 27.7 Å². The normalized spacial score (nSPS) is 17.5. The molecule has 3 aromatic heterocycles. The molecule has 4 heterocycles. The van der Waals surface area contributed by atoms with Crippen LogP contribution in [-0.4, -0.2) is 31.3 Å². The van der Waals surface area contributed by atoms with Gasteiger partial charge in [0.2, 0.25) is 0 Å². The Morgan fingerprint density at radius 2 is 2.00 bits per heavy atom. The van der Waals surface area contributed by atoms with E-state index in [1.54, 1.807) is 11.3 Å². The van der Waals surface area contributed by atoms with E-state index in [0.29, 0.717) is 11.8 Å². The summed E-state index contributed by atoms with van der Waals surface area (Å²) < 4.78 is 2.22. The number of hydrogen-bond donors (Lipinski definition) is 0. The largest absolute Gasteiger partial charge is 0.346 e. The molecule has 0 aliphatic carbocycles. The molecule has 0 N–H and O–H groups in total. The second-order valence-electron chi connectivity index (χ2n) is 8.72. The molecule has 0 aromatic carbocycles. The Morgan fingerprint density at radius 1 is 1.18 bits per heavy atom. The highest BCUT2D eigenvalue weighted by Crippen LogP contribution is 2.40. The second kappa shape index (κ2) is 7.78. The van der Waals surface area contributed by atoms with Gasteiger partial charge in [-0.25, -0.2) is 9.97 Å². The lowest BCUT2D eigenvalue weighted by molar-refractivity contribution is 0.487. The van der Waals surface area contributed by atoms with Gasteiger partial charge < -0.3 is 9.47 Å². The monoisotopic (exact) mass is 398 g/mol. The highest BCUT2D eigenvalue weighted by Gasteiger charge is 2.33. The maximum Gasteiger partial charge on any atom is 0.155 e. The molecule has 0 spiro atoms. The van der Waals surface area contributed by atoms with Crippen molar-refractivity contribution in [1.82, 2.24) is 24.7 Å². The van der Waals surface area contributed by atoms with Crippen LogP contribution >= 0.6 is 11.3 Å². The highest BCUT2D eigenvalue weighted by atomic mass is 32.1. The van der Waals surface area contributed by atoms with Gasteiger partial charge in [0.25, 0.3) is 0 Å². The number of thiophene rings is 1. The lowest BCUT2D eigenvalue weighted by Gasteiger charge is -2.27. The van der Waals surface area contributed by atoms with E-state index in [2.05, 4.69) is 52.7 Å². The van der Waals surface area contributed by atoms with Crippen molar-refractivity contribution in [3.8, 4) is 0 Å². The molecule has 0 saturated carbocycles. The molecule has 4 rings (SSSR count). The minimum Gasteiger partial charge on any atom is -0.346 e. The number of aryl methyl sites for hydroxylation is 1. The molecule has 0 amide bonds. The Labute approximate surface area is 171 Å². The van der Waals surface area contributed by atoms with E-state index >= 15 is 0 Å². The van der Waals surface area contributed by atoms with Gasteiger partial charge in [-0.05, 0) is 49.0 Å². The van der Waals surface area contributed by atoms with E-state index in [-0.39, 0.29) is 6.04 Å². The summed E-state index contributed by atoms with van der Waals surface area (Å²) in [4.78, 5) is 13.2. The van der Waals surface area contributed by atoms with Gasteiger partial charge in [0.15, 0.2) is 5.82 Å². The molecule has 150 valence electrons. The third kappa shape index (κ3) is 3.64. The quantitative estimate of drug-likeness (QED) is 0.597. The standard InChI is InChI=1S/C21H30N6S/c1-13(2)9-16-11-28-21-18(16)20(23-15(5)24-21)27-8-6-7-17(27)19-25-22-12-26(19)10-14(3)4/h11-14,17H,6-10H2,1-5H3. The molecule has 0 radical (unpaired) electrons. The lowest BCUT2D eigenvalue weighted by Crippen LogP contribution is -2.27. The van der Waals surface area contributed by atoms with Gasteiger partial charge in [0.1, 0.15) is 22.8 Å². The number of rotatable bonds is 6. The molecule has 3 aromatic rings. The van der Waals surface area contributed by atoms with Crippen LogP contribution in [0.5, 0.6) is 0 Å². The number of aromatic nitrogens is 5. The smallest absolute Gasteiger partial charge is 0.155 e. The fourth-order valence-electron chi connectivity index (χ4n) is 4.23. The van der Waals surface area contributed by atoms with E-state index in [1.807, 2.05) is 13.3 Å². The fourth-order valence-corrected chi connectivity index (χ4v) is 5.22. The van der Waals surface area contributed by atoms with Crippen LogP contribution < -0.4 is 4.90 Å². The maximum atomic E-state index is 4.94. The summed E-state index contributed by atoms with van der Waals surface area (Å²) in [5.74, 6) is 4.16. The fraction of sp³-hybridized carbons (Fsp3) is 0.619. The number of fused-ring (bicyclic) bond motifs is 1. The van der Waals surface area contributed by atoms with Crippen molar-refractivity contribution in [3.05, 3.63) is 28.9 Å². The average Bonchev–Trinajstić information content (AvgIpc) is 3.33. The second-order valence-corrected chi connectivity index (χ2v) is 9.58. The molecule has 7 heteroatoms. The van der Waals surface area contributed by atoms with Crippen LogP contribution in [-0.2, 0) is 13.0 Å². The lowest BCUT2D eigenvalue weighted by atomic mass is 10.0. The zero-order valence-corrected chi connectivity index (χ0v) is 18.3. The molecular weight excluding hydrogens is 368 g/mol. The zero-order chi connectivity index (χ0) is 19.8. The van der Waals surface area contributed by atoms with Crippen molar-refractivity contribution in [1.29, 1.82) is 0 Å². The summed E-state index contributed by atoms with van der Waals surface area (Å²) in [6, 6.07) is 0.227. The number of hydrogen-bond acceptors (Lipinski definition) is 6. The Kier molecular flexibility index (Phi) is 5.36. The first kappa shape index (κ1) is 19.3. The van der Waals surface area contributed by atoms with Crippen LogP contribution in [0.3, 0.4) is 0 Å². The van der Waals surface area contributed by atoms with E-state index < -0.39 is 0 Å². The maximum absolute atomic E-state index is 4.94. The predicted octanol–water partition coefficient (Wildman–Crippen LogP) is 4.79. The topological polar surface area (TPSA) is 59.7 Å². The minimum atomic E-state index is 0.227. The Hall–Kier alpha value is -2.02. The SMILES string of the molecule is Cc1nc(N2CCCC2c2nncn2CC(C)C)c2c(CC(C)C)csc2n1. The molecule has 1 unspecified atom stereocenters. The third-order valence-corrected chi connectivity index (χ3v) is 6.18. The first-order chi connectivity index (χ1) is 13.4. The molecular formula is C21H30N6S. The van der Waals surface area contributed by atoms with Crippen molar-refractivity contribution >= 4 is 27.4 Å².